The largest absolute Gasteiger partial charge is 0.496 e. The summed E-state index contributed by atoms with van der Waals surface area (Å²) in [4.78, 5) is 23.4. The second-order valence-electron chi connectivity index (χ2n) is 5.54. The lowest BCUT2D eigenvalue weighted by Gasteiger charge is -2.07. The van der Waals surface area contributed by atoms with E-state index in [1.54, 1.807) is 37.3 Å². The number of esters is 1. The Kier molecular flexibility index (Phi) is 6.91. The van der Waals surface area contributed by atoms with E-state index in [9.17, 15) is 14.0 Å². The van der Waals surface area contributed by atoms with Gasteiger partial charge in [-0.25, -0.2) is 9.18 Å². The Bertz CT molecular complexity index is 817. The molecule has 6 heteroatoms. The van der Waals surface area contributed by atoms with E-state index in [1.807, 2.05) is 12.1 Å². The number of carbonyl (C=O) groups is 2. The zero-order valence-corrected chi connectivity index (χ0v) is 14.6. The topological polar surface area (TPSA) is 64.6 Å². The molecule has 0 unspecified atom stereocenters. The molecule has 5 nitrogen and oxygen atoms in total. The van der Waals surface area contributed by atoms with Crippen molar-refractivity contribution < 1.29 is 23.5 Å². The van der Waals surface area contributed by atoms with Gasteiger partial charge in [0.2, 0.25) is 0 Å². The summed E-state index contributed by atoms with van der Waals surface area (Å²) in [6.07, 6.45) is 2.77. The number of benzene rings is 2. The number of ether oxygens (including phenoxy) is 2. The summed E-state index contributed by atoms with van der Waals surface area (Å²) in [5, 5.41) is 2.57. The van der Waals surface area contributed by atoms with Gasteiger partial charge in [-0.05, 0) is 36.3 Å². The predicted molar refractivity (Wildman–Crippen MR) is 96.0 cm³/mol. The smallest absolute Gasteiger partial charge is 0.331 e. The molecule has 1 N–H and O–H groups in total. The Morgan fingerprint density at radius 1 is 1.19 bits per heavy atom. The maximum atomic E-state index is 13.4. The van der Waals surface area contributed by atoms with Crippen molar-refractivity contribution in [1.29, 1.82) is 0 Å². The number of nitrogens with one attached hydrogen (secondary N) is 1. The van der Waals surface area contributed by atoms with E-state index in [-0.39, 0.29) is 12.4 Å². The highest BCUT2D eigenvalue weighted by Crippen LogP contribution is 2.18. The molecule has 0 aliphatic carbocycles. The maximum Gasteiger partial charge on any atom is 0.331 e. The van der Waals surface area contributed by atoms with Crippen LogP contribution in [0.4, 0.5) is 4.39 Å². The Labute approximate surface area is 151 Å². The Balaban J connectivity index is 1.78. The molecular formula is C20H20FNO4. The minimum absolute atomic E-state index is 0.157. The van der Waals surface area contributed by atoms with E-state index >= 15 is 0 Å². The number of methoxy groups -OCH3 is 1. The van der Waals surface area contributed by atoms with E-state index in [4.69, 9.17) is 9.47 Å². The minimum Gasteiger partial charge on any atom is -0.496 e. The fraction of sp³-hybridized carbons (Fsp3) is 0.200. The van der Waals surface area contributed by atoms with Crippen molar-refractivity contribution in [2.24, 2.45) is 0 Å². The lowest BCUT2D eigenvalue weighted by molar-refractivity contribution is -0.143. The van der Waals surface area contributed by atoms with Gasteiger partial charge in [0.15, 0.2) is 6.61 Å². The number of hydrogen-bond acceptors (Lipinski definition) is 4. The summed E-state index contributed by atoms with van der Waals surface area (Å²) in [5.74, 6) is -0.818. The molecule has 0 aromatic heterocycles. The molecule has 0 fully saturated rings. The Morgan fingerprint density at radius 3 is 2.69 bits per heavy atom. The normalized spacial score (nSPS) is 10.6. The van der Waals surface area contributed by atoms with Gasteiger partial charge in [-0.2, -0.15) is 0 Å². The number of rotatable bonds is 7. The third kappa shape index (κ3) is 5.73. The summed E-state index contributed by atoms with van der Waals surface area (Å²) in [7, 11) is 1.54. The van der Waals surface area contributed by atoms with Crippen LogP contribution in [0.15, 0.2) is 48.5 Å². The van der Waals surface area contributed by atoms with E-state index < -0.39 is 18.5 Å². The van der Waals surface area contributed by atoms with Crippen LogP contribution in [0.5, 0.6) is 5.75 Å². The first-order valence-corrected chi connectivity index (χ1v) is 7.99. The van der Waals surface area contributed by atoms with Crippen LogP contribution in [0, 0.1) is 12.7 Å². The molecule has 2 aromatic rings. The van der Waals surface area contributed by atoms with Crippen LogP contribution in [0.1, 0.15) is 16.7 Å². The molecule has 0 aliphatic heterocycles. The number of para-hydroxylation sites is 1. The fourth-order valence-electron chi connectivity index (χ4n) is 2.14. The summed E-state index contributed by atoms with van der Waals surface area (Å²) in [6.45, 7) is 1.41. The number of carbonyl (C=O) groups excluding carboxylic acids is 2. The number of hydrogen-bond donors (Lipinski definition) is 1. The van der Waals surface area contributed by atoms with Crippen LogP contribution < -0.4 is 10.1 Å². The Hall–Kier alpha value is -3.15. The summed E-state index contributed by atoms with van der Waals surface area (Å²) in [6, 6.07) is 11.9. The van der Waals surface area contributed by atoms with Crippen molar-refractivity contribution in [2.45, 2.75) is 13.5 Å². The van der Waals surface area contributed by atoms with Gasteiger partial charge < -0.3 is 14.8 Å². The number of halogens is 1. The van der Waals surface area contributed by atoms with Crippen molar-refractivity contribution in [3.8, 4) is 5.75 Å². The molecule has 0 bridgehead atoms. The highest BCUT2D eigenvalue weighted by molar-refractivity contribution is 5.89. The molecule has 0 radical (unpaired) electrons. The molecule has 136 valence electrons. The van der Waals surface area contributed by atoms with Crippen molar-refractivity contribution >= 4 is 18.0 Å². The molecule has 26 heavy (non-hydrogen) atoms. The van der Waals surface area contributed by atoms with Crippen molar-refractivity contribution in [3.63, 3.8) is 0 Å². The second kappa shape index (κ2) is 9.36. The number of aryl methyl sites for hydroxylation is 1. The van der Waals surface area contributed by atoms with Crippen molar-refractivity contribution in [3.05, 3.63) is 71.0 Å². The highest BCUT2D eigenvalue weighted by Gasteiger charge is 2.06. The molecule has 0 spiro atoms. The van der Waals surface area contributed by atoms with Crippen LogP contribution in [0.25, 0.3) is 6.08 Å². The quantitative estimate of drug-likeness (QED) is 0.611. The molecule has 0 saturated heterocycles. The van der Waals surface area contributed by atoms with E-state index in [0.29, 0.717) is 16.9 Å². The summed E-state index contributed by atoms with van der Waals surface area (Å²) < 4.78 is 23.5. The molecule has 2 rings (SSSR count). The van der Waals surface area contributed by atoms with E-state index in [1.165, 1.54) is 19.3 Å². The lowest BCUT2D eigenvalue weighted by atomic mass is 10.1. The van der Waals surface area contributed by atoms with E-state index in [2.05, 4.69) is 5.32 Å². The third-order valence-corrected chi connectivity index (χ3v) is 3.61. The molecule has 0 atom stereocenters. The second-order valence-corrected chi connectivity index (χ2v) is 5.54. The van der Waals surface area contributed by atoms with Gasteiger partial charge in [-0.1, -0.05) is 30.3 Å². The Morgan fingerprint density at radius 2 is 1.96 bits per heavy atom. The van der Waals surface area contributed by atoms with Crippen molar-refractivity contribution in [1.82, 2.24) is 5.32 Å². The van der Waals surface area contributed by atoms with Gasteiger partial charge in [0.05, 0.1) is 7.11 Å². The molecule has 0 saturated carbocycles. The standard InChI is InChI=1S/C20H20FNO4/c1-14-7-8-15(11-17(14)21)12-22-19(23)13-26-20(24)10-9-16-5-3-4-6-18(16)25-2/h3-11H,12-13H2,1-2H3,(H,22,23)/b10-9+. The first-order valence-electron chi connectivity index (χ1n) is 7.99. The average Bonchev–Trinajstić information content (AvgIpc) is 2.65. The van der Waals surface area contributed by atoms with E-state index in [0.717, 1.165) is 5.56 Å². The van der Waals surface area contributed by atoms with Gasteiger partial charge >= 0.3 is 5.97 Å². The van der Waals surface area contributed by atoms with Gasteiger partial charge in [0, 0.05) is 18.2 Å². The predicted octanol–water partition coefficient (Wildman–Crippen LogP) is 3.02. The van der Waals surface area contributed by atoms with Gasteiger partial charge in [0.1, 0.15) is 11.6 Å². The average molecular weight is 357 g/mol. The van der Waals surface area contributed by atoms with Crippen LogP contribution in [-0.4, -0.2) is 25.6 Å². The first-order chi connectivity index (χ1) is 12.5. The van der Waals surface area contributed by atoms with Crippen LogP contribution in [-0.2, 0) is 20.9 Å². The lowest BCUT2D eigenvalue weighted by Crippen LogP contribution is -2.28. The molecule has 2 aromatic carbocycles. The minimum atomic E-state index is -0.646. The SMILES string of the molecule is COc1ccccc1/C=C/C(=O)OCC(=O)NCc1ccc(C)c(F)c1. The zero-order chi connectivity index (χ0) is 18.9. The highest BCUT2D eigenvalue weighted by atomic mass is 19.1. The van der Waals surface area contributed by atoms with Crippen LogP contribution >= 0.6 is 0 Å². The summed E-state index contributed by atoms with van der Waals surface area (Å²) >= 11 is 0. The molecule has 0 aliphatic rings. The molecular weight excluding hydrogens is 337 g/mol. The number of amides is 1. The fourth-order valence-corrected chi connectivity index (χ4v) is 2.14. The van der Waals surface area contributed by atoms with Crippen molar-refractivity contribution in [2.75, 3.05) is 13.7 Å². The maximum absolute atomic E-state index is 13.4. The molecule has 0 heterocycles. The van der Waals surface area contributed by atoms with Gasteiger partial charge in [-0.15, -0.1) is 0 Å². The molecule has 1 amide bonds. The zero-order valence-electron chi connectivity index (χ0n) is 14.6. The van der Waals surface area contributed by atoms with Crippen LogP contribution in [0.3, 0.4) is 0 Å². The third-order valence-electron chi connectivity index (χ3n) is 3.61. The summed E-state index contributed by atoms with van der Waals surface area (Å²) in [5.41, 5.74) is 1.89. The van der Waals surface area contributed by atoms with Crippen LogP contribution in [0.2, 0.25) is 0 Å². The monoisotopic (exact) mass is 357 g/mol. The van der Waals surface area contributed by atoms with Gasteiger partial charge in [-0.3, -0.25) is 4.79 Å². The van der Waals surface area contributed by atoms with Gasteiger partial charge in [0.25, 0.3) is 5.91 Å². The first kappa shape index (κ1) is 19.2.